The molecule has 1 amide bonds. The molecule has 6 heteroatoms. The second-order valence-corrected chi connectivity index (χ2v) is 8.66. The van der Waals surface area contributed by atoms with Crippen molar-refractivity contribution in [3.63, 3.8) is 0 Å². The summed E-state index contributed by atoms with van der Waals surface area (Å²) in [4.78, 5) is 12.4. The Kier molecular flexibility index (Phi) is 5.78. The lowest BCUT2D eigenvalue weighted by Gasteiger charge is -2.38. The maximum atomic E-state index is 13.3. The fourth-order valence-corrected chi connectivity index (χ4v) is 4.14. The number of carbonyl (C=O) groups excluding carboxylic acids is 1. The predicted octanol–water partition coefficient (Wildman–Crippen LogP) is 4.08. The van der Waals surface area contributed by atoms with Crippen molar-refractivity contribution in [2.75, 3.05) is 0 Å². The zero-order valence-corrected chi connectivity index (χ0v) is 16.1. The quantitative estimate of drug-likeness (QED) is 0.805. The van der Waals surface area contributed by atoms with Gasteiger partial charge in [0.15, 0.2) is 0 Å². The molecule has 4 nitrogen and oxygen atoms in total. The standard InChI is InChI=1S/C20H27ClFNO3/c1-20(2,25)13-3-5-16(6-4-13)23-19(24)12-7-17(8-12)26-18-10-14(21)9-15(22)11-18/h9-13,16-17,25H,3-8H2,1-2H3,(H,23,24)/t12-,13-,16-,17-. The summed E-state index contributed by atoms with van der Waals surface area (Å²) in [7, 11) is 0. The van der Waals surface area contributed by atoms with Crippen LogP contribution in [0.25, 0.3) is 0 Å². The van der Waals surface area contributed by atoms with Crippen LogP contribution in [0, 0.1) is 17.7 Å². The van der Waals surface area contributed by atoms with Crippen LogP contribution < -0.4 is 10.1 Å². The lowest BCUT2D eigenvalue weighted by Crippen LogP contribution is -2.48. The molecule has 144 valence electrons. The van der Waals surface area contributed by atoms with Crippen molar-refractivity contribution in [1.29, 1.82) is 0 Å². The van der Waals surface area contributed by atoms with Gasteiger partial charge in [-0.3, -0.25) is 4.79 Å². The van der Waals surface area contributed by atoms with Crippen LogP contribution >= 0.6 is 11.6 Å². The van der Waals surface area contributed by atoms with E-state index >= 15 is 0 Å². The van der Waals surface area contributed by atoms with Crippen molar-refractivity contribution in [1.82, 2.24) is 5.32 Å². The summed E-state index contributed by atoms with van der Waals surface area (Å²) in [6, 6.07) is 4.32. The second kappa shape index (κ2) is 7.73. The first kappa shape index (κ1) is 19.4. The lowest BCUT2D eigenvalue weighted by molar-refractivity contribution is -0.131. The van der Waals surface area contributed by atoms with Crippen LogP contribution in [0.4, 0.5) is 4.39 Å². The number of hydrogen-bond acceptors (Lipinski definition) is 3. The minimum Gasteiger partial charge on any atom is -0.490 e. The van der Waals surface area contributed by atoms with Crippen LogP contribution in [0.1, 0.15) is 52.4 Å². The average Bonchev–Trinajstić information content (AvgIpc) is 2.49. The van der Waals surface area contributed by atoms with E-state index < -0.39 is 11.4 Å². The van der Waals surface area contributed by atoms with Gasteiger partial charge in [-0.2, -0.15) is 0 Å². The third kappa shape index (κ3) is 4.89. The molecule has 0 spiro atoms. The van der Waals surface area contributed by atoms with Crippen LogP contribution in [0.2, 0.25) is 5.02 Å². The van der Waals surface area contributed by atoms with E-state index in [1.54, 1.807) is 6.07 Å². The molecule has 2 aliphatic rings. The summed E-state index contributed by atoms with van der Waals surface area (Å²) in [6.07, 6.45) is 4.90. The van der Waals surface area contributed by atoms with Gasteiger partial charge in [0, 0.05) is 23.0 Å². The molecule has 3 rings (SSSR count). The summed E-state index contributed by atoms with van der Waals surface area (Å²) in [6.45, 7) is 3.72. The summed E-state index contributed by atoms with van der Waals surface area (Å²) in [5.74, 6) is 0.312. The number of benzene rings is 1. The Morgan fingerprint density at radius 3 is 2.46 bits per heavy atom. The van der Waals surface area contributed by atoms with E-state index in [1.165, 1.54) is 12.1 Å². The molecule has 26 heavy (non-hydrogen) atoms. The Morgan fingerprint density at radius 2 is 1.88 bits per heavy atom. The number of amides is 1. The van der Waals surface area contributed by atoms with Gasteiger partial charge in [-0.25, -0.2) is 4.39 Å². The number of hydrogen-bond donors (Lipinski definition) is 2. The Hall–Kier alpha value is -1.33. The highest BCUT2D eigenvalue weighted by Crippen LogP contribution is 2.35. The van der Waals surface area contributed by atoms with E-state index in [2.05, 4.69) is 5.32 Å². The molecular formula is C20H27ClFNO3. The third-order valence-electron chi connectivity index (χ3n) is 5.68. The van der Waals surface area contributed by atoms with Gasteiger partial charge >= 0.3 is 0 Å². The highest BCUT2D eigenvalue weighted by molar-refractivity contribution is 6.30. The van der Waals surface area contributed by atoms with Gasteiger partial charge in [0.05, 0.1) is 5.60 Å². The minimum absolute atomic E-state index is 0.0453. The van der Waals surface area contributed by atoms with Crippen molar-refractivity contribution in [3.05, 3.63) is 29.0 Å². The van der Waals surface area contributed by atoms with Crippen molar-refractivity contribution < 1.29 is 19.0 Å². The van der Waals surface area contributed by atoms with Gasteiger partial charge < -0.3 is 15.2 Å². The summed E-state index contributed by atoms with van der Waals surface area (Å²) in [5, 5.41) is 13.5. The Labute approximate surface area is 159 Å². The Morgan fingerprint density at radius 1 is 1.23 bits per heavy atom. The molecule has 1 aromatic rings. The molecule has 0 aliphatic heterocycles. The third-order valence-corrected chi connectivity index (χ3v) is 5.90. The highest BCUT2D eigenvalue weighted by Gasteiger charge is 2.38. The highest BCUT2D eigenvalue weighted by atomic mass is 35.5. The first-order chi connectivity index (χ1) is 12.2. The fraction of sp³-hybridized carbons (Fsp3) is 0.650. The molecule has 0 unspecified atom stereocenters. The Bertz CT molecular complexity index is 627. The molecule has 2 aliphatic carbocycles. The number of nitrogens with one attached hydrogen (secondary N) is 1. The second-order valence-electron chi connectivity index (χ2n) is 8.22. The molecule has 0 heterocycles. The van der Waals surface area contributed by atoms with Gasteiger partial charge in [0.2, 0.25) is 5.91 Å². The SMILES string of the molecule is CC(C)(O)[C@H]1CC[C@H](NC(=O)[C@H]2C[C@H](Oc3cc(F)cc(Cl)c3)C2)CC1. The van der Waals surface area contributed by atoms with Crippen molar-refractivity contribution in [2.24, 2.45) is 11.8 Å². The zero-order valence-electron chi connectivity index (χ0n) is 15.3. The monoisotopic (exact) mass is 383 g/mol. The van der Waals surface area contributed by atoms with Crippen LogP contribution in [-0.2, 0) is 4.79 Å². The molecular weight excluding hydrogens is 357 g/mol. The molecule has 0 bridgehead atoms. The molecule has 2 fully saturated rings. The van der Waals surface area contributed by atoms with Gasteiger partial charge in [-0.15, -0.1) is 0 Å². The van der Waals surface area contributed by atoms with E-state index in [0.717, 1.165) is 25.7 Å². The van der Waals surface area contributed by atoms with Crippen LogP contribution in [0.3, 0.4) is 0 Å². The van der Waals surface area contributed by atoms with Gasteiger partial charge in [-0.05, 0) is 70.4 Å². The molecule has 0 aromatic heterocycles. The van der Waals surface area contributed by atoms with Gasteiger partial charge in [0.1, 0.15) is 17.7 Å². The van der Waals surface area contributed by atoms with Gasteiger partial charge in [0.25, 0.3) is 0 Å². The number of rotatable bonds is 5. The summed E-state index contributed by atoms with van der Waals surface area (Å²) < 4.78 is 19.0. The lowest BCUT2D eigenvalue weighted by atomic mass is 9.76. The fourth-order valence-electron chi connectivity index (χ4n) is 3.93. The number of carbonyl (C=O) groups is 1. The maximum Gasteiger partial charge on any atom is 0.223 e. The Balaban J connectivity index is 1.40. The summed E-state index contributed by atoms with van der Waals surface area (Å²) in [5.41, 5.74) is -0.646. The first-order valence-electron chi connectivity index (χ1n) is 9.36. The molecule has 1 aromatic carbocycles. The predicted molar refractivity (Wildman–Crippen MR) is 98.7 cm³/mol. The smallest absolute Gasteiger partial charge is 0.223 e. The largest absolute Gasteiger partial charge is 0.490 e. The topological polar surface area (TPSA) is 58.6 Å². The van der Waals surface area contributed by atoms with E-state index in [4.69, 9.17) is 16.3 Å². The van der Waals surface area contributed by atoms with Crippen molar-refractivity contribution in [3.8, 4) is 5.75 Å². The first-order valence-corrected chi connectivity index (χ1v) is 9.74. The maximum absolute atomic E-state index is 13.3. The number of aliphatic hydroxyl groups is 1. The van der Waals surface area contributed by atoms with Crippen molar-refractivity contribution in [2.45, 2.75) is 70.1 Å². The van der Waals surface area contributed by atoms with Gasteiger partial charge in [-0.1, -0.05) is 11.6 Å². The molecule has 2 N–H and O–H groups in total. The molecule has 0 atom stereocenters. The van der Waals surface area contributed by atoms with E-state index in [1.807, 2.05) is 13.8 Å². The number of ether oxygens (including phenoxy) is 1. The molecule has 0 radical (unpaired) electrons. The average molecular weight is 384 g/mol. The van der Waals surface area contributed by atoms with E-state index in [0.29, 0.717) is 29.5 Å². The normalized spacial score (nSPS) is 29.0. The van der Waals surface area contributed by atoms with E-state index in [9.17, 15) is 14.3 Å². The number of halogens is 2. The van der Waals surface area contributed by atoms with Crippen LogP contribution in [-0.4, -0.2) is 28.8 Å². The van der Waals surface area contributed by atoms with Crippen LogP contribution in [0.15, 0.2) is 18.2 Å². The van der Waals surface area contributed by atoms with Crippen molar-refractivity contribution >= 4 is 17.5 Å². The molecule has 0 saturated heterocycles. The summed E-state index contributed by atoms with van der Waals surface area (Å²) >= 11 is 5.82. The zero-order chi connectivity index (χ0) is 18.9. The van der Waals surface area contributed by atoms with Crippen LogP contribution in [0.5, 0.6) is 5.75 Å². The molecule has 2 saturated carbocycles. The van der Waals surface area contributed by atoms with E-state index in [-0.39, 0.29) is 24.0 Å². The minimum atomic E-state index is -0.646.